The molecule has 0 aliphatic heterocycles. The van der Waals surface area contributed by atoms with Crippen LogP contribution in [0.3, 0.4) is 0 Å². The maximum absolute atomic E-state index is 13.6. The first-order valence-corrected chi connectivity index (χ1v) is 14.2. The molecule has 1 unspecified atom stereocenters. The lowest BCUT2D eigenvalue weighted by Gasteiger charge is -2.32. The van der Waals surface area contributed by atoms with Gasteiger partial charge in [-0.15, -0.1) is 0 Å². The van der Waals surface area contributed by atoms with Crippen molar-refractivity contribution in [3.05, 3.63) is 62.1 Å². The van der Waals surface area contributed by atoms with Gasteiger partial charge in [0.15, 0.2) is 0 Å². The number of anilines is 1. The van der Waals surface area contributed by atoms with E-state index in [1.54, 1.807) is 25.1 Å². The van der Waals surface area contributed by atoms with Gasteiger partial charge in [-0.2, -0.15) is 0 Å². The number of unbranched alkanes of at least 4 members (excludes halogenated alkanes) is 1. The Morgan fingerprint density at radius 1 is 1.03 bits per heavy atom. The highest BCUT2D eigenvalue weighted by Gasteiger charge is 2.31. The lowest BCUT2D eigenvalue weighted by Crippen LogP contribution is -2.51. The van der Waals surface area contributed by atoms with Crippen molar-refractivity contribution in [3.63, 3.8) is 0 Å². The SMILES string of the molecule is CCCCNC(=O)C(C)N(Cc1c(Cl)cccc1Cl)C(=O)CN(c1cc(Cl)ccc1Cl)S(C)(=O)=O. The second-order valence-corrected chi connectivity index (χ2v) is 11.5. The predicted octanol–water partition coefficient (Wildman–Crippen LogP) is 5.40. The third-order valence-corrected chi connectivity index (χ3v) is 7.63. The molecule has 1 atom stereocenters. The molecule has 2 rings (SSSR count). The van der Waals surface area contributed by atoms with Gasteiger partial charge in [-0.3, -0.25) is 13.9 Å². The fourth-order valence-electron chi connectivity index (χ4n) is 3.24. The van der Waals surface area contributed by atoms with Crippen LogP contribution < -0.4 is 9.62 Å². The van der Waals surface area contributed by atoms with Gasteiger partial charge < -0.3 is 10.2 Å². The zero-order chi connectivity index (χ0) is 26.3. The van der Waals surface area contributed by atoms with Crippen molar-refractivity contribution in [2.24, 2.45) is 0 Å². The van der Waals surface area contributed by atoms with Crippen molar-refractivity contribution in [3.8, 4) is 0 Å². The smallest absolute Gasteiger partial charge is 0.244 e. The molecule has 2 aromatic carbocycles. The standard InChI is InChI=1S/C23H27Cl4N3O4S/c1-4-5-11-28-23(32)15(2)29(13-17-18(25)7-6-8-19(17)26)22(31)14-30(35(3,33)34)21-12-16(24)9-10-20(21)27/h6-10,12,15H,4-5,11,13-14H2,1-3H3,(H,28,32). The van der Waals surface area contributed by atoms with Crippen LogP contribution in [0.25, 0.3) is 0 Å². The van der Waals surface area contributed by atoms with E-state index >= 15 is 0 Å². The van der Waals surface area contributed by atoms with E-state index in [9.17, 15) is 18.0 Å². The fourth-order valence-corrected chi connectivity index (χ4v) is 5.05. The number of nitrogens with one attached hydrogen (secondary N) is 1. The molecule has 2 aromatic rings. The fraction of sp³-hybridized carbons (Fsp3) is 0.391. The molecule has 7 nitrogen and oxygen atoms in total. The molecule has 12 heteroatoms. The van der Waals surface area contributed by atoms with Crippen LogP contribution >= 0.6 is 46.4 Å². The number of amides is 2. The van der Waals surface area contributed by atoms with E-state index in [-0.39, 0.29) is 28.2 Å². The largest absolute Gasteiger partial charge is 0.354 e. The Bertz CT molecular complexity index is 1160. The molecule has 0 heterocycles. The quantitative estimate of drug-likeness (QED) is 0.359. The molecule has 0 aliphatic carbocycles. The van der Waals surface area contributed by atoms with E-state index in [0.29, 0.717) is 22.2 Å². The molecule has 0 spiro atoms. The lowest BCUT2D eigenvalue weighted by molar-refractivity contribution is -0.139. The molecule has 2 amide bonds. The highest BCUT2D eigenvalue weighted by atomic mass is 35.5. The van der Waals surface area contributed by atoms with Crippen molar-refractivity contribution < 1.29 is 18.0 Å². The number of rotatable bonds is 11. The minimum Gasteiger partial charge on any atom is -0.354 e. The maximum atomic E-state index is 13.6. The summed E-state index contributed by atoms with van der Waals surface area (Å²) >= 11 is 24.9. The molecule has 0 saturated carbocycles. The van der Waals surface area contributed by atoms with E-state index in [1.807, 2.05) is 6.92 Å². The van der Waals surface area contributed by atoms with Crippen LogP contribution in [0.1, 0.15) is 32.3 Å². The van der Waals surface area contributed by atoms with Crippen molar-refractivity contribution in [1.29, 1.82) is 0 Å². The van der Waals surface area contributed by atoms with Gasteiger partial charge in [-0.25, -0.2) is 8.42 Å². The van der Waals surface area contributed by atoms with Crippen LogP contribution in [0.5, 0.6) is 0 Å². The molecular weight excluding hydrogens is 556 g/mol. The Morgan fingerprint density at radius 3 is 2.23 bits per heavy atom. The zero-order valence-corrected chi connectivity index (χ0v) is 23.4. The van der Waals surface area contributed by atoms with Gasteiger partial charge in [0.25, 0.3) is 0 Å². The van der Waals surface area contributed by atoms with Crippen molar-refractivity contribution >= 4 is 73.9 Å². The molecule has 35 heavy (non-hydrogen) atoms. The van der Waals surface area contributed by atoms with Crippen LogP contribution in [0.2, 0.25) is 20.1 Å². The minimum atomic E-state index is -3.95. The van der Waals surface area contributed by atoms with E-state index in [0.717, 1.165) is 23.4 Å². The van der Waals surface area contributed by atoms with Crippen LogP contribution in [0.15, 0.2) is 36.4 Å². The first-order chi connectivity index (χ1) is 16.4. The molecule has 0 bridgehead atoms. The van der Waals surface area contributed by atoms with Gasteiger partial charge in [-0.1, -0.05) is 65.8 Å². The maximum Gasteiger partial charge on any atom is 0.244 e. The Kier molecular flexibility index (Phi) is 11.0. The number of nitrogens with zero attached hydrogens (tertiary/aromatic N) is 2. The van der Waals surface area contributed by atoms with Crippen LogP contribution in [-0.4, -0.2) is 50.5 Å². The first-order valence-electron chi connectivity index (χ1n) is 10.8. The summed E-state index contributed by atoms with van der Waals surface area (Å²) in [5.41, 5.74) is 0.481. The third-order valence-electron chi connectivity index (χ3n) is 5.24. The topological polar surface area (TPSA) is 86.8 Å². The van der Waals surface area contributed by atoms with Gasteiger partial charge in [0.2, 0.25) is 21.8 Å². The molecule has 0 radical (unpaired) electrons. The van der Waals surface area contributed by atoms with Gasteiger partial charge in [-0.05, 0) is 43.7 Å². The molecule has 0 fully saturated rings. The first kappa shape index (κ1) is 29.5. The molecule has 192 valence electrons. The number of hydrogen-bond donors (Lipinski definition) is 1. The monoisotopic (exact) mass is 581 g/mol. The van der Waals surface area contributed by atoms with Crippen molar-refractivity contribution in [2.45, 2.75) is 39.3 Å². The number of benzene rings is 2. The number of carbonyl (C=O) groups is 2. The van der Waals surface area contributed by atoms with Crippen LogP contribution in [0, 0.1) is 0 Å². The molecule has 0 aromatic heterocycles. The summed E-state index contributed by atoms with van der Waals surface area (Å²) in [5.74, 6) is -1.04. The predicted molar refractivity (Wildman–Crippen MR) is 143 cm³/mol. The van der Waals surface area contributed by atoms with Gasteiger partial charge >= 0.3 is 0 Å². The Morgan fingerprint density at radius 2 is 1.66 bits per heavy atom. The van der Waals surface area contributed by atoms with Gasteiger partial charge in [0, 0.05) is 33.7 Å². The summed E-state index contributed by atoms with van der Waals surface area (Å²) in [5, 5.41) is 3.76. The number of halogens is 4. The number of carbonyl (C=O) groups excluding carboxylic acids is 2. The summed E-state index contributed by atoms with van der Waals surface area (Å²) in [6, 6.07) is 8.25. The lowest BCUT2D eigenvalue weighted by atomic mass is 10.1. The normalized spacial score (nSPS) is 12.2. The number of sulfonamides is 1. The Labute approximate surface area is 226 Å². The Balaban J connectivity index is 2.45. The summed E-state index contributed by atoms with van der Waals surface area (Å²) in [6.45, 7) is 3.27. The second-order valence-electron chi connectivity index (χ2n) is 7.91. The van der Waals surface area contributed by atoms with Crippen molar-refractivity contribution in [1.82, 2.24) is 10.2 Å². The average molecular weight is 583 g/mol. The van der Waals surface area contributed by atoms with E-state index in [2.05, 4.69) is 5.32 Å². The molecule has 1 N–H and O–H groups in total. The van der Waals surface area contributed by atoms with Gasteiger partial charge in [0.1, 0.15) is 12.6 Å². The average Bonchev–Trinajstić information content (AvgIpc) is 2.78. The summed E-state index contributed by atoms with van der Waals surface area (Å²) < 4.78 is 26.1. The Hall–Kier alpha value is -1.71. The minimum absolute atomic E-state index is 0.0470. The van der Waals surface area contributed by atoms with E-state index in [1.165, 1.54) is 23.1 Å². The van der Waals surface area contributed by atoms with Crippen molar-refractivity contribution in [2.75, 3.05) is 23.7 Å². The highest BCUT2D eigenvalue weighted by Crippen LogP contribution is 2.31. The molecular formula is C23H27Cl4N3O4S. The summed E-state index contributed by atoms with van der Waals surface area (Å²) in [4.78, 5) is 27.6. The molecule has 0 saturated heterocycles. The summed E-state index contributed by atoms with van der Waals surface area (Å²) in [7, 11) is -3.95. The second kappa shape index (κ2) is 13.0. The van der Waals surface area contributed by atoms with E-state index in [4.69, 9.17) is 46.4 Å². The molecule has 0 aliphatic rings. The van der Waals surface area contributed by atoms with E-state index < -0.39 is 28.5 Å². The summed E-state index contributed by atoms with van der Waals surface area (Å²) in [6.07, 6.45) is 2.61. The third kappa shape index (κ3) is 8.15. The number of hydrogen-bond acceptors (Lipinski definition) is 4. The van der Waals surface area contributed by atoms with Gasteiger partial charge in [0.05, 0.1) is 17.0 Å². The zero-order valence-electron chi connectivity index (χ0n) is 19.5. The van der Waals surface area contributed by atoms with Crippen LogP contribution in [-0.2, 0) is 26.2 Å². The van der Waals surface area contributed by atoms with Crippen LogP contribution in [0.4, 0.5) is 5.69 Å². The highest BCUT2D eigenvalue weighted by molar-refractivity contribution is 7.92.